The zero-order valence-corrected chi connectivity index (χ0v) is 17.0. The second-order valence-corrected chi connectivity index (χ2v) is 8.83. The summed E-state index contributed by atoms with van der Waals surface area (Å²) in [5.74, 6) is 1.01. The molecule has 1 atom stereocenters. The first-order chi connectivity index (χ1) is 13.1. The van der Waals surface area contributed by atoms with Crippen LogP contribution in [0.3, 0.4) is 0 Å². The van der Waals surface area contributed by atoms with Crippen LogP contribution in [0.4, 0.5) is 5.95 Å². The maximum atomic E-state index is 12.7. The molecule has 0 spiro atoms. The molecule has 1 aromatic carbocycles. The summed E-state index contributed by atoms with van der Waals surface area (Å²) in [7, 11) is 0. The minimum absolute atomic E-state index is 0.181. The van der Waals surface area contributed by atoms with E-state index in [4.69, 9.17) is 11.6 Å². The zero-order chi connectivity index (χ0) is 18.8. The predicted molar refractivity (Wildman–Crippen MR) is 109 cm³/mol. The smallest absolute Gasteiger partial charge is 0.235 e. The molecule has 0 bridgehead atoms. The van der Waals surface area contributed by atoms with Crippen LogP contribution in [0.15, 0.2) is 29.4 Å². The third-order valence-corrected chi connectivity index (χ3v) is 6.38. The van der Waals surface area contributed by atoms with Gasteiger partial charge in [0.05, 0.1) is 10.9 Å². The van der Waals surface area contributed by atoms with Crippen molar-refractivity contribution in [1.29, 1.82) is 0 Å². The summed E-state index contributed by atoms with van der Waals surface area (Å²) >= 11 is 7.71. The molecule has 1 unspecified atom stereocenters. The maximum absolute atomic E-state index is 12.7. The Morgan fingerprint density at radius 3 is 2.52 bits per heavy atom. The van der Waals surface area contributed by atoms with Gasteiger partial charge in [-0.15, -0.1) is 10.2 Å². The van der Waals surface area contributed by atoms with E-state index in [-0.39, 0.29) is 11.2 Å². The van der Waals surface area contributed by atoms with Crippen LogP contribution in [0.2, 0.25) is 5.02 Å². The Labute approximate surface area is 168 Å². The van der Waals surface area contributed by atoms with E-state index < -0.39 is 0 Å². The van der Waals surface area contributed by atoms with Gasteiger partial charge in [0.25, 0.3) is 0 Å². The van der Waals surface area contributed by atoms with Crippen LogP contribution in [-0.4, -0.2) is 57.0 Å². The molecule has 6 nitrogen and oxygen atoms in total. The largest absolute Gasteiger partial charge is 0.342 e. The molecular weight excluding hydrogens is 382 g/mol. The summed E-state index contributed by atoms with van der Waals surface area (Å²) in [4.78, 5) is 16.9. The van der Waals surface area contributed by atoms with Gasteiger partial charge in [0.2, 0.25) is 11.9 Å². The molecule has 27 heavy (non-hydrogen) atoms. The van der Waals surface area contributed by atoms with Crippen LogP contribution < -0.4 is 4.90 Å². The van der Waals surface area contributed by atoms with E-state index in [0.29, 0.717) is 5.02 Å². The molecule has 4 rings (SSSR count). The van der Waals surface area contributed by atoms with Gasteiger partial charge in [0.1, 0.15) is 0 Å². The van der Waals surface area contributed by atoms with Crippen molar-refractivity contribution in [3.63, 3.8) is 0 Å². The lowest BCUT2D eigenvalue weighted by Gasteiger charge is -2.21. The van der Waals surface area contributed by atoms with Gasteiger partial charge in [0.15, 0.2) is 5.16 Å². The lowest BCUT2D eigenvalue weighted by molar-refractivity contribution is -0.129. The number of benzene rings is 1. The fourth-order valence-electron chi connectivity index (χ4n) is 3.70. The van der Waals surface area contributed by atoms with E-state index in [1.54, 1.807) is 0 Å². The van der Waals surface area contributed by atoms with Crippen LogP contribution in [0, 0.1) is 0 Å². The summed E-state index contributed by atoms with van der Waals surface area (Å²) in [6.07, 6.45) is 4.52. The van der Waals surface area contributed by atoms with E-state index in [1.807, 2.05) is 40.7 Å². The third-order valence-electron chi connectivity index (χ3n) is 5.12. The van der Waals surface area contributed by atoms with Crippen molar-refractivity contribution in [2.45, 2.75) is 43.0 Å². The number of hydrogen-bond acceptors (Lipinski definition) is 5. The maximum Gasteiger partial charge on any atom is 0.235 e. The number of hydrogen-bond donors (Lipinski definition) is 0. The topological polar surface area (TPSA) is 54.3 Å². The van der Waals surface area contributed by atoms with E-state index in [2.05, 4.69) is 15.1 Å². The van der Waals surface area contributed by atoms with Gasteiger partial charge in [0, 0.05) is 31.2 Å². The van der Waals surface area contributed by atoms with Crippen molar-refractivity contribution in [3.8, 4) is 5.69 Å². The highest BCUT2D eigenvalue weighted by atomic mass is 35.5. The van der Waals surface area contributed by atoms with Gasteiger partial charge in [-0.05, 0) is 50.8 Å². The van der Waals surface area contributed by atoms with E-state index in [9.17, 15) is 4.79 Å². The fourth-order valence-corrected chi connectivity index (χ4v) is 4.84. The van der Waals surface area contributed by atoms with Crippen molar-refractivity contribution >= 4 is 35.2 Å². The molecule has 2 aliphatic rings. The van der Waals surface area contributed by atoms with Crippen molar-refractivity contribution in [1.82, 2.24) is 19.7 Å². The van der Waals surface area contributed by atoms with Crippen LogP contribution in [-0.2, 0) is 4.79 Å². The highest BCUT2D eigenvalue weighted by molar-refractivity contribution is 8.00. The molecule has 0 saturated carbocycles. The Bertz CT molecular complexity index is 814. The summed E-state index contributed by atoms with van der Waals surface area (Å²) in [5.41, 5.74) is 0.928. The normalized spacial score (nSPS) is 18.3. The van der Waals surface area contributed by atoms with Crippen molar-refractivity contribution in [2.24, 2.45) is 0 Å². The lowest BCUT2D eigenvalue weighted by atomic mass is 10.3. The lowest BCUT2D eigenvalue weighted by Crippen LogP contribution is -2.34. The molecule has 0 aliphatic carbocycles. The van der Waals surface area contributed by atoms with Gasteiger partial charge in [-0.3, -0.25) is 9.36 Å². The summed E-state index contributed by atoms with van der Waals surface area (Å²) in [6.45, 7) is 5.64. The van der Waals surface area contributed by atoms with E-state index in [0.717, 1.165) is 68.7 Å². The number of carbonyl (C=O) groups is 1. The summed E-state index contributed by atoms with van der Waals surface area (Å²) in [6, 6.07) is 7.71. The van der Waals surface area contributed by atoms with E-state index in [1.165, 1.54) is 11.8 Å². The first-order valence-electron chi connectivity index (χ1n) is 9.55. The Morgan fingerprint density at radius 2 is 1.81 bits per heavy atom. The number of aromatic nitrogens is 3. The minimum Gasteiger partial charge on any atom is -0.342 e. The van der Waals surface area contributed by atoms with Gasteiger partial charge >= 0.3 is 0 Å². The molecule has 144 valence electrons. The Kier molecular flexibility index (Phi) is 5.59. The summed E-state index contributed by atoms with van der Waals surface area (Å²) < 4.78 is 2.04. The molecule has 3 heterocycles. The number of anilines is 1. The average Bonchev–Trinajstić information content (AvgIpc) is 3.41. The highest BCUT2D eigenvalue weighted by Crippen LogP contribution is 2.32. The van der Waals surface area contributed by atoms with Gasteiger partial charge < -0.3 is 9.80 Å². The number of amides is 1. The Morgan fingerprint density at radius 1 is 1.11 bits per heavy atom. The molecule has 0 N–H and O–H groups in total. The number of carbonyl (C=O) groups excluding carboxylic acids is 1. The summed E-state index contributed by atoms with van der Waals surface area (Å²) in [5, 5.41) is 10.1. The average molecular weight is 406 g/mol. The van der Waals surface area contributed by atoms with Crippen LogP contribution >= 0.6 is 23.4 Å². The fraction of sp³-hybridized carbons (Fsp3) is 0.526. The van der Waals surface area contributed by atoms with Gasteiger partial charge in [-0.1, -0.05) is 29.4 Å². The van der Waals surface area contributed by atoms with E-state index >= 15 is 0 Å². The molecule has 2 aromatic rings. The number of halogens is 1. The van der Waals surface area contributed by atoms with Crippen LogP contribution in [0.5, 0.6) is 0 Å². The first-order valence-corrected chi connectivity index (χ1v) is 10.8. The second kappa shape index (κ2) is 8.10. The molecule has 1 aromatic heterocycles. The molecule has 2 saturated heterocycles. The molecule has 2 aliphatic heterocycles. The monoisotopic (exact) mass is 405 g/mol. The number of nitrogens with zero attached hydrogens (tertiary/aromatic N) is 5. The predicted octanol–water partition coefficient (Wildman–Crippen LogP) is 3.62. The number of likely N-dealkylation sites (tertiary alicyclic amines) is 1. The van der Waals surface area contributed by atoms with Gasteiger partial charge in [-0.25, -0.2) is 0 Å². The second-order valence-electron chi connectivity index (χ2n) is 7.08. The minimum atomic E-state index is -0.198. The van der Waals surface area contributed by atoms with Crippen molar-refractivity contribution in [2.75, 3.05) is 31.1 Å². The molecule has 8 heteroatoms. The number of thioether (sulfide) groups is 1. The third kappa shape index (κ3) is 3.94. The number of rotatable bonds is 5. The Hall–Kier alpha value is -1.73. The van der Waals surface area contributed by atoms with Crippen molar-refractivity contribution in [3.05, 3.63) is 29.3 Å². The SMILES string of the molecule is CC(Sc1nnc(N2CCCC2)n1-c1cccc(Cl)c1)C(=O)N1CCCC1. The molecular formula is C19H24ClN5OS. The standard InChI is InChI=1S/C19H24ClN5OS/c1-14(17(26)23-9-2-3-10-23)27-19-22-21-18(24-11-4-5-12-24)25(19)16-8-6-7-15(20)13-16/h6-8,13-14H,2-5,9-12H2,1H3. The molecule has 0 radical (unpaired) electrons. The van der Waals surface area contributed by atoms with Crippen LogP contribution in [0.25, 0.3) is 5.69 Å². The van der Waals surface area contributed by atoms with Crippen LogP contribution in [0.1, 0.15) is 32.6 Å². The Balaban J connectivity index is 1.64. The quantitative estimate of drug-likeness (QED) is 0.711. The highest BCUT2D eigenvalue weighted by Gasteiger charge is 2.28. The van der Waals surface area contributed by atoms with Gasteiger partial charge in [-0.2, -0.15) is 0 Å². The zero-order valence-electron chi connectivity index (χ0n) is 15.5. The molecule has 1 amide bonds. The first kappa shape index (κ1) is 18.6. The molecule has 2 fully saturated rings. The van der Waals surface area contributed by atoms with Crippen molar-refractivity contribution < 1.29 is 4.79 Å².